The van der Waals surface area contributed by atoms with Crippen LogP contribution in [0.1, 0.15) is 6.92 Å². The van der Waals surface area contributed by atoms with Crippen molar-refractivity contribution in [3.05, 3.63) is 29.8 Å². The fourth-order valence-corrected chi connectivity index (χ4v) is 2.72. The van der Waals surface area contributed by atoms with Gasteiger partial charge in [-0.25, -0.2) is 17.2 Å². The van der Waals surface area contributed by atoms with Crippen LogP contribution in [0.2, 0.25) is 0 Å². The summed E-state index contributed by atoms with van der Waals surface area (Å²) in [5.41, 5.74) is 0. The van der Waals surface area contributed by atoms with E-state index in [-0.39, 0.29) is 13.2 Å². The number of benzene rings is 1. The highest BCUT2D eigenvalue weighted by Crippen LogP contribution is 2.18. The molecule has 0 heterocycles. The summed E-state index contributed by atoms with van der Waals surface area (Å²) in [5.74, 6) is -3.16. The highest BCUT2D eigenvalue weighted by Gasteiger charge is 2.30. The van der Waals surface area contributed by atoms with Gasteiger partial charge in [0.25, 0.3) is 0 Å². The summed E-state index contributed by atoms with van der Waals surface area (Å²) < 4.78 is 54.7. The molecule has 0 aliphatic heterocycles. The van der Waals surface area contributed by atoms with Gasteiger partial charge in [-0.3, -0.25) is 4.79 Å². The Hall–Kier alpha value is -1.54. The molecule has 1 aromatic rings. The van der Waals surface area contributed by atoms with E-state index in [1.807, 2.05) is 0 Å². The Balaban J connectivity index is 2.91. The van der Waals surface area contributed by atoms with E-state index in [0.717, 1.165) is 6.07 Å². The molecule has 0 saturated carbocycles. The van der Waals surface area contributed by atoms with Crippen LogP contribution in [0.3, 0.4) is 0 Å². The van der Waals surface area contributed by atoms with Gasteiger partial charge in [0.1, 0.15) is 5.25 Å². The number of rotatable bonds is 6. The van der Waals surface area contributed by atoms with Crippen LogP contribution in [0.15, 0.2) is 23.1 Å². The molecule has 0 aromatic heterocycles. The molecule has 0 fully saturated rings. The number of carbonyl (C=O) groups excluding carboxylic acids is 1. The summed E-state index contributed by atoms with van der Waals surface area (Å²) in [5, 5.41) is 0.962. The topological polar surface area (TPSA) is 72.5 Å². The minimum atomic E-state index is -4.07. The van der Waals surface area contributed by atoms with Crippen molar-refractivity contribution in [1.29, 1.82) is 0 Å². The Labute approximate surface area is 115 Å². The third-order valence-corrected chi connectivity index (χ3v) is 4.72. The predicted octanol–water partition coefficient (Wildman–Crippen LogP) is 0.890. The zero-order chi connectivity index (χ0) is 15.3. The lowest BCUT2D eigenvalue weighted by Gasteiger charge is -2.13. The molecule has 0 saturated heterocycles. The van der Waals surface area contributed by atoms with Gasteiger partial charge in [0.15, 0.2) is 21.5 Å². The van der Waals surface area contributed by atoms with E-state index >= 15 is 0 Å². The molecule has 0 aliphatic carbocycles. The second kappa shape index (κ2) is 6.76. The number of sulfone groups is 1. The summed E-state index contributed by atoms with van der Waals surface area (Å²) in [6.45, 7) is 1.58. The number of halogens is 2. The molecule has 1 aromatic carbocycles. The van der Waals surface area contributed by atoms with Crippen LogP contribution in [0, 0.1) is 11.6 Å². The summed E-state index contributed by atoms with van der Waals surface area (Å²) in [6.07, 6.45) is 0. The maximum atomic E-state index is 13.1. The summed E-state index contributed by atoms with van der Waals surface area (Å²) in [4.78, 5) is 11.2. The monoisotopic (exact) mass is 307 g/mol. The van der Waals surface area contributed by atoms with E-state index in [0.29, 0.717) is 12.1 Å². The molecule has 1 amide bonds. The largest absolute Gasteiger partial charge is 0.383 e. The molecule has 20 heavy (non-hydrogen) atoms. The lowest BCUT2D eigenvalue weighted by Crippen LogP contribution is -2.39. The number of ether oxygens (including phenoxy) is 1. The van der Waals surface area contributed by atoms with E-state index in [9.17, 15) is 22.0 Å². The van der Waals surface area contributed by atoms with Crippen molar-refractivity contribution in [2.75, 3.05) is 20.3 Å². The van der Waals surface area contributed by atoms with Crippen molar-refractivity contribution < 1.29 is 26.7 Å². The molecule has 8 heteroatoms. The number of hydrogen-bond donors (Lipinski definition) is 1. The van der Waals surface area contributed by atoms with Crippen LogP contribution in [-0.4, -0.2) is 39.8 Å². The van der Waals surface area contributed by atoms with Gasteiger partial charge in [0.05, 0.1) is 11.5 Å². The minimum absolute atomic E-state index is 0.160. The molecule has 1 rings (SSSR count). The van der Waals surface area contributed by atoms with Gasteiger partial charge in [-0.05, 0) is 25.1 Å². The highest BCUT2D eigenvalue weighted by atomic mass is 32.2. The summed E-state index contributed by atoms with van der Waals surface area (Å²) in [6, 6.07) is 2.19. The van der Waals surface area contributed by atoms with Crippen molar-refractivity contribution in [3.8, 4) is 0 Å². The second-order valence-electron chi connectivity index (χ2n) is 4.05. The van der Waals surface area contributed by atoms with E-state index in [1.54, 1.807) is 0 Å². The zero-order valence-corrected chi connectivity index (χ0v) is 11.8. The predicted molar refractivity (Wildman–Crippen MR) is 67.9 cm³/mol. The van der Waals surface area contributed by atoms with Crippen molar-refractivity contribution in [2.45, 2.75) is 17.1 Å². The Morgan fingerprint density at radius 2 is 2.00 bits per heavy atom. The quantitative estimate of drug-likeness (QED) is 0.626. The number of amides is 1. The highest BCUT2D eigenvalue weighted by molar-refractivity contribution is 7.92. The second-order valence-corrected chi connectivity index (χ2v) is 6.32. The number of carbonyl (C=O) groups is 1. The van der Waals surface area contributed by atoms with E-state index in [2.05, 4.69) is 5.32 Å². The fourth-order valence-electron chi connectivity index (χ4n) is 1.42. The molecule has 5 nitrogen and oxygen atoms in total. The van der Waals surface area contributed by atoms with Crippen molar-refractivity contribution in [2.24, 2.45) is 0 Å². The number of nitrogens with one attached hydrogen (secondary N) is 1. The molecule has 0 radical (unpaired) electrons. The fraction of sp³-hybridized carbons (Fsp3) is 0.417. The van der Waals surface area contributed by atoms with Gasteiger partial charge < -0.3 is 10.1 Å². The van der Waals surface area contributed by atoms with Crippen LogP contribution in [-0.2, 0) is 19.4 Å². The maximum Gasteiger partial charge on any atom is 0.238 e. The zero-order valence-electron chi connectivity index (χ0n) is 11.0. The first-order valence-electron chi connectivity index (χ1n) is 5.76. The van der Waals surface area contributed by atoms with Crippen LogP contribution in [0.5, 0.6) is 0 Å². The average Bonchev–Trinajstić information content (AvgIpc) is 2.40. The molecule has 1 atom stereocenters. The van der Waals surface area contributed by atoms with E-state index in [1.165, 1.54) is 14.0 Å². The van der Waals surface area contributed by atoms with Crippen molar-refractivity contribution in [1.82, 2.24) is 5.32 Å². The Kier molecular flexibility index (Phi) is 5.58. The molecule has 0 aliphatic rings. The van der Waals surface area contributed by atoms with E-state index in [4.69, 9.17) is 4.74 Å². The van der Waals surface area contributed by atoms with Gasteiger partial charge in [0.2, 0.25) is 5.91 Å². The smallest absolute Gasteiger partial charge is 0.238 e. The molecule has 1 N–H and O–H groups in total. The lowest BCUT2D eigenvalue weighted by atomic mass is 10.3. The molecule has 0 bridgehead atoms. The Morgan fingerprint density at radius 3 is 2.55 bits per heavy atom. The SMILES string of the molecule is COCCNC(=O)[C@H](C)S(=O)(=O)c1ccc(F)c(F)c1. The van der Waals surface area contributed by atoms with Gasteiger partial charge in [-0.15, -0.1) is 0 Å². The maximum absolute atomic E-state index is 13.1. The first-order valence-corrected chi connectivity index (χ1v) is 7.31. The molecule has 112 valence electrons. The first-order chi connectivity index (χ1) is 9.30. The average molecular weight is 307 g/mol. The van der Waals surface area contributed by atoms with Gasteiger partial charge in [-0.1, -0.05) is 0 Å². The molecule has 0 spiro atoms. The third kappa shape index (κ3) is 3.73. The number of hydrogen-bond acceptors (Lipinski definition) is 4. The van der Waals surface area contributed by atoms with Crippen LogP contribution in [0.25, 0.3) is 0 Å². The normalized spacial score (nSPS) is 13.0. The van der Waals surface area contributed by atoms with E-state index < -0.39 is 37.5 Å². The first kappa shape index (κ1) is 16.5. The van der Waals surface area contributed by atoms with Gasteiger partial charge in [0, 0.05) is 13.7 Å². The number of methoxy groups -OCH3 is 1. The van der Waals surface area contributed by atoms with Crippen molar-refractivity contribution in [3.63, 3.8) is 0 Å². The minimum Gasteiger partial charge on any atom is -0.383 e. The molecular weight excluding hydrogens is 292 g/mol. The molecular formula is C12H15F2NO4S. The van der Waals surface area contributed by atoms with Crippen LogP contribution in [0.4, 0.5) is 8.78 Å². The Bertz CT molecular complexity index is 589. The van der Waals surface area contributed by atoms with Gasteiger partial charge >= 0.3 is 0 Å². The van der Waals surface area contributed by atoms with Crippen LogP contribution < -0.4 is 5.32 Å². The summed E-state index contributed by atoms with van der Waals surface area (Å²) >= 11 is 0. The standard InChI is InChI=1S/C12H15F2NO4S/c1-8(12(16)15-5-6-19-2)20(17,18)9-3-4-10(13)11(14)7-9/h3-4,7-8H,5-6H2,1-2H3,(H,15,16)/t8-/m0/s1. The van der Waals surface area contributed by atoms with Crippen LogP contribution >= 0.6 is 0 Å². The van der Waals surface area contributed by atoms with Gasteiger partial charge in [-0.2, -0.15) is 0 Å². The lowest BCUT2D eigenvalue weighted by molar-refractivity contribution is -0.120. The third-order valence-electron chi connectivity index (χ3n) is 2.66. The summed E-state index contributed by atoms with van der Waals surface area (Å²) in [7, 11) is -2.64. The van der Waals surface area contributed by atoms with Crippen molar-refractivity contribution >= 4 is 15.7 Å². The molecule has 0 unspecified atom stereocenters. The Morgan fingerprint density at radius 1 is 1.35 bits per heavy atom.